The van der Waals surface area contributed by atoms with E-state index in [2.05, 4.69) is 6.92 Å². The Balaban J connectivity index is 2.07. The van der Waals surface area contributed by atoms with Gasteiger partial charge in [0.2, 0.25) is 0 Å². The highest BCUT2D eigenvalue weighted by Crippen LogP contribution is 2.25. The van der Waals surface area contributed by atoms with E-state index in [-0.39, 0.29) is 23.0 Å². The van der Waals surface area contributed by atoms with Crippen molar-refractivity contribution in [1.29, 1.82) is 0 Å². The summed E-state index contributed by atoms with van der Waals surface area (Å²) in [4.78, 5) is 0. The summed E-state index contributed by atoms with van der Waals surface area (Å²) in [6.45, 7) is 2.86. The van der Waals surface area contributed by atoms with E-state index in [0.717, 1.165) is 13.0 Å². The summed E-state index contributed by atoms with van der Waals surface area (Å²) >= 11 is 5.74. The maximum absolute atomic E-state index is 13.7. The molecule has 2 rings (SSSR count). The molecule has 3 unspecified atom stereocenters. The van der Waals surface area contributed by atoms with Crippen LogP contribution in [0.25, 0.3) is 0 Å². The third-order valence-electron chi connectivity index (χ3n) is 3.35. The molecule has 1 saturated heterocycles. The maximum atomic E-state index is 13.7. The molecule has 1 fully saturated rings. The SMILES string of the molecule is CC1CCOC1C(N)Cc1cccc(Cl)c1F. The highest BCUT2D eigenvalue weighted by Gasteiger charge is 2.30. The van der Waals surface area contributed by atoms with Crippen LogP contribution in [-0.2, 0) is 11.2 Å². The Kier molecular flexibility index (Phi) is 4.02. The monoisotopic (exact) mass is 257 g/mol. The van der Waals surface area contributed by atoms with Crippen LogP contribution in [0.4, 0.5) is 4.39 Å². The van der Waals surface area contributed by atoms with E-state index >= 15 is 0 Å². The second-order valence-corrected chi connectivity index (χ2v) is 5.09. The van der Waals surface area contributed by atoms with Gasteiger partial charge in [0.05, 0.1) is 11.1 Å². The molecule has 1 aromatic carbocycles. The van der Waals surface area contributed by atoms with Crippen LogP contribution in [0, 0.1) is 11.7 Å². The Morgan fingerprint density at radius 1 is 1.59 bits per heavy atom. The first-order chi connectivity index (χ1) is 8.09. The predicted molar refractivity (Wildman–Crippen MR) is 66.6 cm³/mol. The molecule has 0 saturated carbocycles. The second-order valence-electron chi connectivity index (χ2n) is 4.68. The van der Waals surface area contributed by atoms with E-state index in [1.54, 1.807) is 18.2 Å². The molecule has 3 atom stereocenters. The van der Waals surface area contributed by atoms with E-state index in [0.29, 0.717) is 17.9 Å². The van der Waals surface area contributed by atoms with Gasteiger partial charge in [-0.15, -0.1) is 0 Å². The number of nitrogens with two attached hydrogens (primary N) is 1. The molecule has 0 amide bonds. The van der Waals surface area contributed by atoms with Crippen LogP contribution in [0.1, 0.15) is 18.9 Å². The molecule has 1 heterocycles. The lowest BCUT2D eigenvalue weighted by molar-refractivity contribution is 0.0724. The molecule has 1 aliphatic rings. The van der Waals surface area contributed by atoms with Gasteiger partial charge in [-0.3, -0.25) is 0 Å². The van der Waals surface area contributed by atoms with Crippen LogP contribution >= 0.6 is 11.6 Å². The minimum absolute atomic E-state index is 0.0216. The number of hydrogen-bond acceptors (Lipinski definition) is 2. The van der Waals surface area contributed by atoms with Crippen molar-refractivity contribution in [2.24, 2.45) is 11.7 Å². The summed E-state index contributed by atoms with van der Waals surface area (Å²) < 4.78 is 19.3. The maximum Gasteiger partial charge on any atom is 0.145 e. The zero-order valence-electron chi connectivity index (χ0n) is 9.83. The zero-order chi connectivity index (χ0) is 12.4. The van der Waals surface area contributed by atoms with Crippen molar-refractivity contribution in [1.82, 2.24) is 0 Å². The fraction of sp³-hybridized carbons (Fsp3) is 0.538. The average Bonchev–Trinajstić information content (AvgIpc) is 2.71. The molecular formula is C13H17ClFNO. The van der Waals surface area contributed by atoms with Gasteiger partial charge in [-0.2, -0.15) is 0 Å². The molecule has 0 aliphatic carbocycles. The van der Waals surface area contributed by atoms with Gasteiger partial charge in [0.15, 0.2) is 0 Å². The van der Waals surface area contributed by atoms with Crippen molar-refractivity contribution in [2.75, 3.05) is 6.61 Å². The van der Waals surface area contributed by atoms with Crippen molar-refractivity contribution in [3.05, 3.63) is 34.6 Å². The van der Waals surface area contributed by atoms with Crippen LogP contribution in [0.5, 0.6) is 0 Å². The Labute approximate surface area is 106 Å². The first kappa shape index (κ1) is 12.8. The molecule has 94 valence electrons. The minimum Gasteiger partial charge on any atom is -0.376 e. The Hall–Kier alpha value is -0.640. The minimum atomic E-state index is -0.365. The Bertz CT molecular complexity index is 399. The molecule has 0 aromatic heterocycles. The smallest absolute Gasteiger partial charge is 0.145 e. The van der Waals surface area contributed by atoms with E-state index in [9.17, 15) is 4.39 Å². The standard InChI is InChI=1S/C13H17ClFNO/c1-8-5-6-17-13(8)11(16)7-9-3-2-4-10(14)12(9)15/h2-4,8,11,13H,5-7,16H2,1H3. The van der Waals surface area contributed by atoms with Crippen LogP contribution in [-0.4, -0.2) is 18.8 Å². The Morgan fingerprint density at radius 3 is 3.00 bits per heavy atom. The Morgan fingerprint density at radius 2 is 2.35 bits per heavy atom. The number of ether oxygens (including phenoxy) is 1. The lowest BCUT2D eigenvalue weighted by Crippen LogP contribution is -2.39. The molecule has 4 heteroatoms. The summed E-state index contributed by atoms with van der Waals surface area (Å²) in [5.74, 6) is 0.0718. The summed E-state index contributed by atoms with van der Waals surface area (Å²) in [7, 11) is 0. The first-order valence-electron chi connectivity index (χ1n) is 5.89. The van der Waals surface area contributed by atoms with Crippen LogP contribution in [0.15, 0.2) is 18.2 Å². The van der Waals surface area contributed by atoms with Gasteiger partial charge in [0.25, 0.3) is 0 Å². The van der Waals surface area contributed by atoms with Gasteiger partial charge in [-0.25, -0.2) is 4.39 Å². The molecule has 17 heavy (non-hydrogen) atoms. The lowest BCUT2D eigenvalue weighted by Gasteiger charge is -2.22. The lowest BCUT2D eigenvalue weighted by atomic mass is 9.93. The predicted octanol–water partition coefficient (Wildman–Crippen LogP) is 2.77. The fourth-order valence-electron chi connectivity index (χ4n) is 2.34. The third kappa shape index (κ3) is 2.79. The quantitative estimate of drug-likeness (QED) is 0.904. The van der Waals surface area contributed by atoms with E-state index in [4.69, 9.17) is 22.1 Å². The van der Waals surface area contributed by atoms with Crippen LogP contribution in [0.2, 0.25) is 5.02 Å². The van der Waals surface area contributed by atoms with Gasteiger partial charge >= 0.3 is 0 Å². The first-order valence-corrected chi connectivity index (χ1v) is 6.27. The number of hydrogen-bond donors (Lipinski definition) is 1. The molecule has 2 N–H and O–H groups in total. The van der Waals surface area contributed by atoms with Crippen LogP contribution < -0.4 is 5.73 Å². The molecule has 0 radical (unpaired) electrons. The van der Waals surface area contributed by atoms with Crippen molar-refractivity contribution >= 4 is 11.6 Å². The number of benzene rings is 1. The van der Waals surface area contributed by atoms with E-state index in [1.807, 2.05) is 0 Å². The van der Waals surface area contributed by atoms with Gasteiger partial charge in [-0.05, 0) is 30.4 Å². The molecular weight excluding hydrogens is 241 g/mol. The zero-order valence-corrected chi connectivity index (χ0v) is 10.6. The molecule has 2 nitrogen and oxygen atoms in total. The second kappa shape index (κ2) is 5.34. The van der Waals surface area contributed by atoms with Crippen molar-refractivity contribution in [3.63, 3.8) is 0 Å². The topological polar surface area (TPSA) is 35.2 Å². The average molecular weight is 258 g/mol. The van der Waals surface area contributed by atoms with Gasteiger partial charge in [-0.1, -0.05) is 30.7 Å². The molecule has 0 bridgehead atoms. The van der Waals surface area contributed by atoms with Crippen molar-refractivity contribution < 1.29 is 9.13 Å². The van der Waals surface area contributed by atoms with Gasteiger partial charge < -0.3 is 10.5 Å². The van der Waals surface area contributed by atoms with Crippen molar-refractivity contribution in [2.45, 2.75) is 31.9 Å². The largest absolute Gasteiger partial charge is 0.376 e. The summed E-state index contributed by atoms with van der Waals surface area (Å²) in [5, 5.41) is 0.148. The summed E-state index contributed by atoms with van der Waals surface area (Å²) in [5.41, 5.74) is 6.65. The third-order valence-corrected chi connectivity index (χ3v) is 3.65. The highest BCUT2D eigenvalue weighted by molar-refractivity contribution is 6.30. The van der Waals surface area contributed by atoms with Gasteiger partial charge in [0, 0.05) is 12.6 Å². The summed E-state index contributed by atoms with van der Waals surface area (Å²) in [6.07, 6.45) is 1.51. The fourth-order valence-corrected chi connectivity index (χ4v) is 2.53. The van der Waals surface area contributed by atoms with Crippen molar-refractivity contribution in [3.8, 4) is 0 Å². The summed E-state index contributed by atoms with van der Waals surface area (Å²) in [6, 6.07) is 4.83. The number of rotatable bonds is 3. The van der Waals surface area contributed by atoms with Gasteiger partial charge in [0.1, 0.15) is 5.82 Å². The highest BCUT2D eigenvalue weighted by atomic mass is 35.5. The molecule has 1 aromatic rings. The van der Waals surface area contributed by atoms with E-state index < -0.39 is 0 Å². The van der Waals surface area contributed by atoms with Crippen LogP contribution in [0.3, 0.4) is 0 Å². The number of halogens is 2. The molecule has 1 aliphatic heterocycles. The van der Waals surface area contributed by atoms with E-state index in [1.165, 1.54) is 0 Å². The molecule has 0 spiro atoms. The normalized spacial score (nSPS) is 26.1.